The Hall–Kier alpha value is -1.43. The van der Waals surface area contributed by atoms with Gasteiger partial charge in [0.25, 0.3) is 0 Å². The summed E-state index contributed by atoms with van der Waals surface area (Å²) in [6.45, 7) is 2.39. The van der Waals surface area contributed by atoms with Crippen molar-refractivity contribution in [3.63, 3.8) is 0 Å². The van der Waals surface area contributed by atoms with E-state index in [-0.39, 0.29) is 0 Å². The molecule has 0 bridgehead atoms. The van der Waals surface area contributed by atoms with Crippen LogP contribution in [0.1, 0.15) is 15.4 Å². The first-order valence-electron chi connectivity index (χ1n) is 6.67. The summed E-state index contributed by atoms with van der Waals surface area (Å²) in [7, 11) is 3.41. The highest BCUT2D eigenvalue weighted by atomic mass is 32.1. The van der Waals surface area contributed by atoms with Crippen molar-refractivity contribution in [2.45, 2.75) is 13.0 Å². The minimum absolute atomic E-state index is 0.727. The lowest BCUT2D eigenvalue weighted by Gasteiger charge is -2.04. The molecule has 0 saturated carbocycles. The Kier molecular flexibility index (Phi) is 4.00. The molecular weight excluding hydrogens is 272 g/mol. The van der Waals surface area contributed by atoms with Gasteiger partial charge in [-0.25, -0.2) is 4.98 Å². The largest absolute Gasteiger partial charge is 0.497 e. The zero-order chi connectivity index (χ0) is 13.9. The molecule has 106 valence electrons. The lowest BCUT2D eigenvalue weighted by molar-refractivity contribution is 0.199. The van der Waals surface area contributed by atoms with Gasteiger partial charge in [-0.1, -0.05) is 6.07 Å². The zero-order valence-electron chi connectivity index (χ0n) is 11.7. The van der Waals surface area contributed by atoms with E-state index in [1.165, 1.54) is 16.0 Å². The Labute approximate surface area is 122 Å². The normalized spacial score (nSPS) is 12.3. The molecule has 1 aromatic heterocycles. The summed E-state index contributed by atoms with van der Waals surface area (Å²) in [6.07, 6.45) is 0.990. The van der Waals surface area contributed by atoms with Crippen LogP contribution in [0.4, 0.5) is 0 Å². The number of hydrogen-bond donors (Lipinski definition) is 1. The summed E-state index contributed by atoms with van der Waals surface area (Å²) in [5.74, 6) is 0.893. The molecule has 1 aliphatic rings. The van der Waals surface area contributed by atoms with E-state index < -0.39 is 0 Å². The minimum Gasteiger partial charge on any atom is -0.497 e. The highest BCUT2D eigenvalue weighted by molar-refractivity contribution is 7.12. The van der Waals surface area contributed by atoms with Gasteiger partial charge < -0.3 is 14.8 Å². The second-order valence-corrected chi connectivity index (χ2v) is 5.92. The standard InChI is InChI=1S/C15H18N2O2S/c1-18-6-5-16-9-14-17-15-12-8-11(19-2)4-3-10(12)7-13(15)20-14/h3-4,8,16H,5-7,9H2,1-2H3. The molecule has 0 spiro atoms. The van der Waals surface area contributed by atoms with Crippen LogP contribution in [0.25, 0.3) is 11.3 Å². The van der Waals surface area contributed by atoms with Crippen LogP contribution in [0.3, 0.4) is 0 Å². The number of benzene rings is 1. The second-order valence-electron chi connectivity index (χ2n) is 4.75. The van der Waals surface area contributed by atoms with Crippen molar-refractivity contribution in [1.82, 2.24) is 10.3 Å². The molecule has 0 saturated heterocycles. The van der Waals surface area contributed by atoms with Crippen molar-refractivity contribution in [2.75, 3.05) is 27.4 Å². The quantitative estimate of drug-likeness (QED) is 0.708. The van der Waals surface area contributed by atoms with E-state index in [2.05, 4.69) is 17.4 Å². The van der Waals surface area contributed by atoms with E-state index in [4.69, 9.17) is 14.5 Å². The molecule has 5 heteroatoms. The number of nitrogens with one attached hydrogen (secondary N) is 1. The lowest BCUT2D eigenvalue weighted by Crippen LogP contribution is -2.18. The van der Waals surface area contributed by atoms with Crippen molar-refractivity contribution in [1.29, 1.82) is 0 Å². The van der Waals surface area contributed by atoms with Gasteiger partial charge in [-0.3, -0.25) is 0 Å². The fourth-order valence-corrected chi connectivity index (χ4v) is 3.48. The van der Waals surface area contributed by atoms with Crippen LogP contribution in [-0.4, -0.2) is 32.4 Å². The van der Waals surface area contributed by atoms with Gasteiger partial charge in [-0.05, 0) is 17.7 Å². The Morgan fingerprint density at radius 3 is 3.05 bits per heavy atom. The maximum Gasteiger partial charge on any atom is 0.119 e. The second kappa shape index (κ2) is 5.91. The number of ether oxygens (including phenoxy) is 2. The molecule has 0 unspecified atom stereocenters. The summed E-state index contributed by atoms with van der Waals surface area (Å²) in [6, 6.07) is 6.24. The molecule has 0 amide bonds. The highest BCUT2D eigenvalue weighted by Gasteiger charge is 2.23. The van der Waals surface area contributed by atoms with Crippen LogP contribution >= 0.6 is 11.3 Å². The predicted molar refractivity (Wildman–Crippen MR) is 80.5 cm³/mol. The van der Waals surface area contributed by atoms with E-state index in [0.717, 1.165) is 42.6 Å². The SMILES string of the molecule is COCCNCc1nc2c(s1)Cc1ccc(OC)cc1-2. The van der Waals surface area contributed by atoms with Gasteiger partial charge in [-0.15, -0.1) is 11.3 Å². The van der Waals surface area contributed by atoms with Crippen LogP contribution in [-0.2, 0) is 17.7 Å². The van der Waals surface area contributed by atoms with E-state index in [1.807, 2.05) is 6.07 Å². The molecule has 1 heterocycles. The first-order chi connectivity index (χ1) is 9.81. The molecule has 1 aromatic carbocycles. The summed E-state index contributed by atoms with van der Waals surface area (Å²) in [5, 5.41) is 4.47. The average molecular weight is 290 g/mol. The molecule has 0 atom stereocenters. The molecule has 0 aliphatic heterocycles. The van der Waals surface area contributed by atoms with Crippen molar-refractivity contribution in [3.05, 3.63) is 33.6 Å². The Balaban J connectivity index is 1.76. The molecule has 2 aromatic rings. The smallest absolute Gasteiger partial charge is 0.119 e. The van der Waals surface area contributed by atoms with Gasteiger partial charge >= 0.3 is 0 Å². The highest BCUT2D eigenvalue weighted by Crippen LogP contribution is 2.40. The molecule has 0 radical (unpaired) electrons. The van der Waals surface area contributed by atoms with Gasteiger partial charge in [-0.2, -0.15) is 0 Å². The number of methoxy groups -OCH3 is 2. The lowest BCUT2D eigenvalue weighted by atomic mass is 10.1. The minimum atomic E-state index is 0.727. The van der Waals surface area contributed by atoms with Gasteiger partial charge in [0.05, 0.1) is 19.4 Å². The van der Waals surface area contributed by atoms with Gasteiger partial charge in [0.2, 0.25) is 0 Å². The fraction of sp³-hybridized carbons (Fsp3) is 0.400. The van der Waals surface area contributed by atoms with Crippen LogP contribution in [0.15, 0.2) is 18.2 Å². The fourth-order valence-electron chi connectivity index (χ4n) is 2.41. The summed E-state index contributed by atoms with van der Waals surface area (Å²) in [4.78, 5) is 6.12. The number of fused-ring (bicyclic) bond motifs is 3. The van der Waals surface area contributed by atoms with Gasteiger partial charge in [0, 0.05) is 37.1 Å². The Morgan fingerprint density at radius 1 is 1.35 bits per heavy atom. The number of hydrogen-bond acceptors (Lipinski definition) is 5. The summed E-state index contributed by atoms with van der Waals surface area (Å²) < 4.78 is 10.3. The number of nitrogens with zero attached hydrogens (tertiary/aromatic N) is 1. The van der Waals surface area contributed by atoms with Crippen LogP contribution < -0.4 is 10.1 Å². The van der Waals surface area contributed by atoms with Crippen molar-refractivity contribution in [2.24, 2.45) is 0 Å². The predicted octanol–water partition coefficient (Wildman–Crippen LogP) is 2.46. The molecule has 20 heavy (non-hydrogen) atoms. The number of aromatic nitrogens is 1. The third-order valence-electron chi connectivity index (χ3n) is 3.42. The van der Waals surface area contributed by atoms with Crippen molar-refractivity contribution in [3.8, 4) is 17.0 Å². The zero-order valence-corrected chi connectivity index (χ0v) is 12.5. The van der Waals surface area contributed by atoms with Gasteiger partial charge in [0.1, 0.15) is 10.8 Å². The molecule has 4 nitrogen and oxygen atoms in total. The van der Waals surface area contributed by atoms with Crippen molar-refractivity contribution < 1.29 is 9.47 Å². The Morgan fingerprint density at radius 2 is 2.25 bits per heavy atom. The summed E-state index contributed by atoms with van der Waals surface area (Å²) >= 11 is 1.79. The monoisotopic (exact) mass is 290 g/mol. The molecule has 1 aliphatic carbocycles. The third-order valence-corrected chi connectivity index (χ3v) is 4.48. The van der Waals surface area contributed by atoms with Crippen LogP contribution in [0, 0.1) is 0 Å². The Bertz CT molecular complexity index is 610. The maximum atomic E-state index is 5.30. The third kappa shape index (κ3) is 2.57. The van der Waals surface area contributed by atoms with Crippen molar-refractivity contribution >= 4 is 11.3 Å². The first-order valence-corrected chi connectivity index (χ1v) is 7.49. The molecule has 1 N–H and O–H groups in total. The van der Waals surface area contributed by atoms with Crippen LogP contribution in [0.5, 0.6) is 5.75 Å². The van der Waals surface area contributed by atoms with E-state index in [9.17, 15) is 0 Å². The number of thiazole rings is 1. The summed E-state index contributed by atoms with van der Waals surface area (Å²) in [5.41, 5.74) is 3.70. The molecule has 3 rings (SSSR count). The van der Waals surface area contributed by atoms with Gasteiger partial charge in [0.15, 0.2) is 0 Å². The molecule has 0 fully saturated rings. The topological polar surface area (TPSA) is 43.4 Å². The first kappa shape index (κ1) is 13.5. The number of rotatable bonds is 6. The van der Waals surface area contributed by atoms with E-state index in [0.29, 0.717) is 0 Å². The maximum absolute atomic E-state index is 5.30. The van der Waals surface area contributed by atoms with Crippen LogP contribution in [0.2, 0.25) is 0 Å². The van der Waals surface area contributed by atoms with E-state index in [1.54, 1.807) is 25.6 Å². The average Bonchev–Trinajstić information content (AvgIpc) is 3.00. The molecular formula is C15H18N2O2S. The van der Waals surface area contributed by atoms with E-state index >= 15 is 0 Å².